The number of hydrogen-bond acceptors (Lipinski definition) is 3. The molecular weight excluding hydrogens is 240 g/mol. The quantitative estimate of drug-likeness (QED) is 0.606. The second kappa shape index (κ2) is 4.28. The largest absolute Gasteiger partial charge is 0.504 e. The third kappa shape index (κ3) is 1.99. The number of aromatic hydroxyl groups is 2. The van der Waals surface area contributed by atoms with Gasteiger partial charge in [0, 0.05) is 17.6 Å². The van der Waals surface area contributed by atoms with Crippen LogP contribution in [0.5, 0.6) is 11.5 Å². The molecule has 2 N–H and O–H groups in total. The van der Waals surface area contributed by atoms with Crippen LogP contribution in [-0.4, -0.2) is 16.0 Å². The Bertz CT molecular complexity index is 699. The molecular formula is C16H12O3. The van der Waals surface area contributed by atoms with E-state index in [-0.39, 0.29) is 17.3 Å². The molecule has 0 bridgehead atoms. The van der Waals surface area contributed by atoms with Crippen molar-refractivity contribution in [2.75, 3.05) is 0 Å². The lowest BCUT2D eigenvalue weighted by Crippen LogP contribution is -1.94. The highest BCUT2D eigenvalue weighted by molar-refractivity contribution is 6.15. The van der Waals surface area contributed by atoms with Crippen molar-refractivity contribution in [2.45, 2.75) is 6.42 Å². The van der Waals surface area contributed by atoms with Gasteiger partial charge in [-0.1, -0.05) is 30.3 Å². The second-order valence-corrected chi connectivity index (χ2v) is 4.58. The summed E-state index contributed by atoms with van der Waals surface area (Å²) in [4.78, 5) is 12.2. The van der Waals surface area contributed by atoms with Crippen LogP contribution in [0.1, 0.15) is 21.5 Å². The molecule has 0 heterocycles. The molecule has 1 aliphatic rings. The van der Waals surface area contributed by atoms with Crippen molar-refractivity contribution in [1.82, 2.24) is 0 Å². The summed E-state index contributed by atoms with van der Waals surface area (Å²) in [6, 6.07) is 12.1. The average Bonchev–Trinajstić information content (AvgIpc) is 2.72. The zero-order valence-electron chi connectivity index (χ0n) is 10.1. The third-order valence-corrected chi connectivity index (χ3v) is 3.27. The van der Waals surface area contributed by atoms with Crippen LogP contribution in [0.25, 0.3) is 6.08 Å². The summed E-state index contributed by atoms with van der Waals surface area (Å²) in [7, 11) is 0. The number of phenols is 2. The van der Waals surface area contributed by atoms with E-state index in [2.05, 4.69) is 0 Å². The van der Waals surface area contributed by atoms with E-state index in [0.717, 1.165) is 11.1 Å². The van der Waals surface area contributed by atoms with Crippen LogP contribution >= 0.6 is 0 Å². The number of benzene rings is 2. The van der Waals surface area contributed by atoms with Gasteiger partial charge in [-0.15, -0.1) is 0 Å². The zero-order chi connectivity index (χ0) is 13.4. The lowest BCUT2D eigenvalue weighted by molar-refractivity contribution is 0.104. The van der Waals surface area contributed by atoms with Gasteiger partial charge in [-0.05, 0) is 29.3 Å². The lowest BCUT2D eigenvalue weighted by Gasteiger charge is -2.00. The molecule has 3 nitrogen and oxygen atoms in total. The minimum atomic E-state index is -0.183. The van der Waals surface area contributed by atoms with E-state index in [0.29, 0.717) is 17.6 Å². The Kier molecular flexibility index (Phi) is 2.60. The first-order valence-electron chi connectivity index (χ1n) is 6.00. The fourth-order valence-corrected chi connectivity index (χ4v) is 2.30. The van der Waals surface area contributed by atoms with Crippen LogP contribution in [0.4, 0.5) is 0 Å². The van der Waals surface area contributed by atoms with Gasteiger partial charge in [-0.3, -0.25) is 4.79 Å². The Balaban J connectivity index is 1.98. The van der Waals surface area contributed by atoms with E-state index in [1.165, 1.54) is 12.1 Å². The van der Waals surface area contributed by atoms with E-state index in [1.807, 2.05) is 24.3 Å². The first-order chi connectivity index (χ1) is 9.15. The molecule has 3 heteroatoms. The number of fused-ring (bicyclic) bond motifs is 1. The standard InChI is InChI=1S/C16H12O3/c17-14-6-5-10(8-15(14)18)7-12-9-11-3-1-2-4-13(11)16(12)19/h1-8,17-18H,9H2/b12-7+. The van der Waals surface area contributed by atoms with Crippen molar-refractivity contribution in [3.8, 4) is 11.5 Å². The minimum Gasteiger partial charge on any atom is -0.504 e. The highest BCUT2D eigenvalue weighted by atomic mass is 16.3. The topological polar surface area (TPSA) is 57.5 Å². The Labute approximate surface area is 110 Å². The number of phenolic OH excluding ortho intramolecular Hbond substituents is 2. The van der Waals surface area contributed by atoms with Crippen LogP contribution in [0.15, 0.2) is 48.0 Å². The molecule has 19 heavy (non-hydrogen) atoms. The normalized spacial score (nSPS) is 15.8. The summed E-state index contributed by atoms with van der Waals surface area (Å²) in [6.45, 7) is 0. The van der Waals surface area contributed by atoms with Crippen molar-refractivity contribution in [2.24, 2.45) is 0 Å². The summed E-state index contributed by atoms with van der Waals surface area (Å²) in [5.74, 6) is -0.316. The van der Waals surface area contributed by atoms with Gasteiger partial charge in [0.1, 0.15) is 0 Å². The molecule has 0 radical (unpaired) electrons. The monoisotopic (exact) mass is 252 g/mol. The van der Waals surface area contributed by atoms with E-state index in [9.17, 15) is 15.0 Å². The SMILES string of the molecule is O=C1/C(=C/c2ccc(O)c(O)c2)Cc2ccccc21. The van der Waals surface area contributed by atoms with Crippen molar-refractivity contribution in [3.05, 3.63) is 64.7 Å². The molecule has 0 saturated carbocycles. The number of allylic oxidation sites excluding steroid dienone is 1. The van der Waals surface area contributed by atoms with Crippen molar-refractivity contribution < 1.29 is 15.0 Å². The predicted molar refractivity (Wildman–Crippen MR) is 72.2 cm³/mol. The molecule has 0 aliphatic heterocycles. The Hall–Kier alpha value is -2.55. The van der Waals surface area contributed by atoms with E-state index in [4.69, 9.17) is 0 Å². The molecule has 0 fully saturated rings. The molecule has 3 rings (SSSR count). The van der Waals surface area contributed by atoms with Gasteiger partial charge in [0.15, 0.2) is 17.3 Å². The fraction of sp³-hybridized carbons (Fsp3) is 0.0625. The van der Waals surface area contributed by atoms with Crippen molar-refractivity contribution in [3.63, 3.8) is 0 Å². The van der Waals surface area contributed by atoms with Crippen LogP contribution in [0.3, 0.4) is 0 Å². The molecule has 0 unspecified atom stereocenters. The summed E-state index contributed by atoms with van der Waals surface area (Å²) < 4.78 is 0. The summed E-state index contributed by atoms with van der Waals surface area (Å²) in [5, 5.41) is 18.7. The van der Waals surface area contributed by atoms with Gasteiger partial charge in [0.25, 0.3) is 0 Å². The Morgan fingerprint density at radius 2 is 1.79 bits per heavy atom. The number of hydrogen-bond donors (Lipinski definition) is 2. The van der Waals surface area contributed by atoms with Crippen LogP contribution in [0.2, 0.25) is 0 Å². The Morgan fingerprint density at radius 3 is 2.53 bits per heavy atom. The summed E-state index contributed by atoms with van der Waals surface area (Å²) >= 11 is 0. The number of carbonyl (C=O) groups excluding carboxylic acids is 1. The molecule has 0 saturated heterocycles. The molecule has 0 amide bonds. The maximum atomic E-state index is 12.2. The average molecular weight is 252 g/mol. The van der Waals surface area contributed by atoms with Gasteiger partial charge in [0.05, 0.1) is 0 Å². The third-order valence-electron chi connectivity index (χ3n) is 3.27. The first kappa shape index (κ1) is 11.5. The maximum Gasteiger partial charge on any atom is 0.189 e. The van der Waals surface area contributed by atoms with E-state index < -0.39 is 0 Å². The molecule has 0 aromatic heterocycles. The van der Waals surface area contributed by atoms with Gasteiger partial charge in [0.2, 0.25) is 0 Å². The van der Waals surface area contributed by atoms with Crippen LogP contribution < -0.4 is 0 Å². The van der Waals surface area contributed by atoms with Gasteiger partial charge < -0.3 is 10.2 Å². The highest BCUT2D eigenvalue weighted by Gasteiger charge is 2.23. The summed E-state index contributed by atoms with van der Waals surface area (Å²) in [5.41, 5.74) is 3.18. The summed E-state index contributed by atoms with van der Waals surface area (Å²) in [6.07, 6.45) is 2.36. The van der Waals surface area contributed by atoms with Crippen molar-refractivity contribution in [1.29, 1.82) is 0 Å². The highest BCUT2D eigenvalue weighted by Crippen LogP contribution is 2.30. The van der Waals surface area contributed by atoms with Crippen LogP contribution in [0, 0.1) is 0 Å². The van der Waals surface area contributed by atoms with Gasteiger partial charge in [-0.25, -0.2) is 0 Å². The Morgan fingerprint density at radius 1 is 1.00 bits per heavy atom. The number of rotatable bonds is 1. The lowest BCUT2D eigenvalue weighted by atomic mass is 10.1. The first-order valence-corrected chi connectivity index (χ1v) is 6.00. The molecule has 0 spiro atoms. The van der Waals surface area contributed by atoms with Gasteiger partial charge in [-0.2, -0.15) is 0 Å². The van der Waals surface area contributed by atoms with Gasteiger partial charge >= 0.3 is 0 Å². The molecule has 0 atom stereocenters. The second-order valence-electron chi connectivity index (χ2n) is 4.58. The minimum absolute atomic E-state index is 0.0307. The molecule has 94 valence electrons. The van der Waals surface area contributed by atoms with E-state index in [1.54, 1.807) is 12.1 Å². The van der Waals surface area contributed by atoms with Crippen LogP contribution in [-0.2, 0) is 6.42 Å². The van der Waals surface area contributed by atoms with E-state index >= 15 is 0 Å². The predicted octanol–water partition coefficient (Wildman–Crippen LogP) is 2.92. The number of carbonyl (C=O) groups is 1. The maximum absolute atomic E-state index is 12.2. The molecule has 2 aromatic carbocycles. The number of Topliss-reactive ketones (excluding diaryl/α,β-unsaturated/α-hetero) is 1. The zero-order valence-corrected chi connectivity index (χ0v) is 10.1. The smallest absolute Gasteiger partial charge is 0.189 e. The molecule has 1 aliphatic carbocycles. The number of ketones is 1. The molecule has 2 aromatic rings. The fourth-order valence-electron chi connectivity index (χ4n) is 2.30. The van der Waals surface area contributed by atoms with Crippen molar-refractivity contribution >= 4 is 11.9 Å².